The normalized spacial score (nSPS) is 17.9. The van der Waals surface area contributed by atoms with Crippen LogP contribution in [0.1, 0.15) is 58.9 Å². The summed E-state index contributed by atoms with van der Waals surface area (Å²) in [5, 5.41) is 8.13. The molecule has 2 saturated heterocycles. The van der Waals surface area contributed by atoms with E-state index in [0.29, 0.717) is 27.6 Å². The van der Waals surface area contributed by atoms with Crippen LogP contribution in [0.3, 0.4) is 0 Å². The number of carbonyl (C=O) groups excluding carboxylic acids is 1. The summed E-state index contributed by atoms with van der Waals surface area (Å²) >= 11 is 12.7. The highest BCUT2D eigenvalue weighted by molar-refractivity contribution is 6.35. The number of benzene rings is 1. The van der Waals surface area contributed by atoms with Gasteiger partial charge in [-0.05, 0) is 81.1 Å². The Kier molecular flexibility index (Phi) is 16.2. The molecule has 0 amide bonds. The number of ether oxygens (including phenoxy) is 1. The van der Waals surface area contributed by atoms with Crippen molar-refractivity contribution in [1.82, 2.24) is 24.8 Å². The number of carbonyl (C=O) groups is 1. The molecule has 1 N–H and O–H groups in total. The molecule has 3 aromatic rings. The summed E-state index contributed by atoms with van der Waals surface area (Å²) in [6.07, 6.45) is 9.05. The molecule has 1 aromatic carbocycles. The fraction of sp³-hybridized carbons (Fsp3) is 0.543. The highest BCUT2D eigenvalue weighted by Gasteiger charge is 2.20. The molecule has 2 aromatic heterocycles. The van der Waals surface area contributed by atoms with Crippen LogP contribution in [0.5, 0.6) is 11.6 Å². The van der Waals surface area contributed by atoms with Crippen LogP contribution in [0.15, 0.2) is 42.7 Å². The zero-order valence-corrected chi connectivity index (χ0v) is 29.5. The molecule has 0 aliphatic carbocycles. The van der Waals surface area contributed by atoms with Gasteiger partial charge in [-0.1, -0.05) is 50.9 Å². The van der Waals surface area contributed by atoms with E-state index in [0.717, 1.165) is 94.9 Å². The van der Waals surface area contributed by atoms with Gasteiger partial charge in [0.05, 0.1) is 18.1 Å². The van der Waals surface area contributed by atoms with Crippen molar-refractivity contribution in [2.75, 3.05) is 57.8 Å². The number of aldehydes is 1. The Hall–Kier alpha value is -2.82. The third kappa shape index (κ3) is 11.8. The van der Waals surface area contributed by atoms with Crippen molar-refractivity contribution >= 4 is 35.4 Å². The number of rotatable bonds is 10. The maximum Gasteiger partial charge on any atom is 0.225 e. The van der Waals surface area contributed by atoms with E-state index >= 15 is 0 Å². The number of aliphatic hydroxyl groups is 1. The van der Waals surface area contributed by atoms with Crippen LogP contribution in [0, 0.1) is 11.8 Å². The molecule has 4 heterocycles. The van der Waals surface area contributed by atoms with Gasteiger partial charge in [-0.25, -0.2) is 15.0 Å². The van der Waals surface area contributed by atoms with Crippen molar-refractivity contribution in [3.8, 4) is 22.9 Å². The summed E-state index contributed by atoms with van der Waals surface area (Å²) in [5.41, 5.74) is 2.72. The van der Waals surface area contributed by atoms with E-state index < -0.39 is 0 Å². The first-order valence-electron chi connectivity index (χ1n) is 16.4. The zero-order valence-electron chi connectivity index (χ0n) is 28.0. The van der Waals surface area contributed by atoms with Crippen molar-refractivity contribution in [2.45, 2.75) is 59.9 Å². The van der Waals surface area contributed by atoms with Crippen molar-refractivity contribution in [1.29, 1.82) is 0 Å². The van der Waals surface area contributed by atoms with E-state index in [-0.39, 0.29) is 5.92 Å². The Morgan fingerprint density at radius 1 is 0.935 bits per heavy atom. The Bertz CT molecular complexity index is 1320. The number of likely N-dealkylation sites (tertiary alicyclic amines) is 1. The van der Waals surface area contributed by atoms with Crippen LogP contribution < -0.4 is 9.64 Å². The maximum absolute atomic E-state index is 10.9. The molecule has 0 spiro atoms. The van der Waals surface area contributed by atoms with Crippen molar-refractivity contribution in [3.05, 3.63) is 58.3 Å². The summed E-state index contributed by atoms with van der Waals surface area (Å²) < 4.78 is 6.22. The number of hydrogen-bond donors (Lipinski definition) is 1. The lowest BCUT2D eigenvalue weighted by Gasteiger charge is -2.34. The van der Waals surface area contributed by atoms with Gasteiger partial charge in [-0.3, -0.25) is 9.80 Å². The van der Waals surface area contributed by atoms with Crippen LogP contribution in [0.2, 0.25) is 10.0 Å². The van der Waals surface area contributed by atoms with Crippen LogP contribution in [-0.4, -0.2) is 89.1 Å². The van der Waals surface area contributed by atoms with Gasteiger partial charge in [0, 0.05) is 67.4 Å². The average molecular weight is 674 g/mol. The Morgan fingerprint density at radius 3 is 2.26 bits per heavy atom. The largest absolute Gasteiger partial charge is 0.436 e. The lowest BCUT2D eigenvalue weighted by molar-refractivity contribution is -0.110. The number of nitrogens with zero attached hydrogens (tertiary/aromatic N) is 6. The number of aromatic nitrogens is 3. The van der Waals surface area contributed by atoms with Crippen LogP contribution in [0.25, 0.3) is 11.3 Å². The number of pyridine rings is 1. The van der Waals surface area contributed by atoms with Crippen LogP contribution >= 0.6 is 23.2 Å². The standard InChI is InChI=1S/C32H40Cl2N6O2.C2H6.CH4O/c1-23-4-3-7-39(9-5-23)21-25-14-30(26-16-27(33)18-28(34)17-26)37-31(15-25)42-29-19-35-32(36-20-29)40-12-10-38(11-13-40)8-6-24(2)22-41;2*1-2/h14-20,22-24H,3-13,21H2,1-2H3;1-2H3;2H,1H3. The van der Waals surface area contributed by atoms with Gasteiger partial charge in [-0.2, -0.15) is 0 Å². The number of piperazine rings is 1. The van der Waals surface area contributed by atoms with Crippen LogP contribution in [-0.2, 0) is 11.3 Å². The second-order valence-electron chi connectivity index (χ2n) is 11.7. The SMILES string of the molecule is CC.CC(C=O)CCN1CCN(c2ncc(Oc3cc(CN4CCCC(C)CC4)cc(-c4cc(Cl)cc(Cl)c4)n3)cn2)CC1.CO. The second kappa shape index (κ2) is 19.8. The lowest BCUT2D eigenvalue weighted by atomic mass is 10.0. The number of halogens is 2. The smallest absolute Gasteiger partial charge is 0.225 e. The van der Waals surface area contributed by atoms with E-state index in [1.165, 1.54) is 19.3 Å². The first-order valence-corrected chi connectivity index (χ1v) is 17.2. The summed E-state index contributed by atoms with van der Waals surface area (Å²) in [4.78, 5) is 32.0. The Morgan fingerprint density at radius 2 is 1.61 bits per heavy atom. The molecule has 46 heavy (non-hydrogen) atoms. The molecule has 9 nitrogen and oxygen atoms in total. The summed E-state index contributed by atoms with van der Waals surface area (Å²) in [7, 11) is 1.00. The van der Waals surface area contributed by atoms with E-state index in [2.05, 4.69) is 37.7 Å². The minimum Gasteiger partial charge on any atom is -0.436 e. The van der Waals surface area contributed by atoms with Crippen molar-refractivity contribution < 1.29 is 14.6 Å². The summed E-state index contributed by atoms with van der Waals surface area (Å²) in [5.74, 6) is 2.57. The van der Waals surface area contributed by atoms with Gasteiger partial charge in [-0.15, -0.1) is 0 Å². The number of hydrogen-bond acceptors (Lipinski definition) is 9. The third-order valence-corrected chi connectivity index (χ3v) is 8.60. The van der Waals surface area contributed by atoms with E-state index in [1.807, 2.05) is 39.0 Å². The molecule has 2 atom stereocenters. The molecule has 252 valence electrons. The summed E-state index contributed by atoms with van der Waals surface area (Å²) in [6.45, 7) is 15.8. The first-order chi connectivity index (χ1) is 22.3. The van der Waals surface area contributed by atoms with E-state index in [4.69, 9.17) is 38.0 Å². The molecule has 2 fully saturated rings. The minimum absolute atomic E-state index is 0.103. The van der Waals surface area contributed by atoms with Gasteiger partial charge >= 0.3 is 0 Å². The highest BCUT2D eigenvalue weighted by atomic mass is 35.5. The summed E-state index contributed by atoms with van der Waals surface area (Å²) in [6, 6.07) is 9.57. The molecule has 5 rings (SSSR count). The molecule has 0 saturated carbocycles. The lowest BCUT2D eigenvalue weighted by Crippen LogP contribution is -2.47. The fourth-order valence-electron chi connectivity index (χ4n) is 5.56. The molecule has 0 radical (unpaired) electrons. The van der Waals surface area contributed by atoms with Crippen LogP contribution in [0.4, 0.5) is 5.95 Å². The molecule has 11 heteroatoms. The van der Waals surface area contributed by atoms with Gasteiger partial charge < -0.3 is 19.5 Å². The molecule has 2 aliphatic rings. The predicted octanol–water partition coefficient (Wildman–Crippen LogP) is 7.24. The fourth-order valence-corrected chi connectivity index (χ4v) is 6.09. The highest BCUT2D eigenvalue weighted by Crippen LogP contribution is 2.31. The third-order valence-electron chi connectivity index (χ3n) is 8.16. The Balaban J connectivity index is 0.00000139. The van der Waals surface area contributed by atoms with Crippen molar-refractivity contribution in [3.63, 3.8) is 0 Å². The van der Waals surface area contributed by atoms with Gasteiger partial charge in [0.15, 0.2) is 5.75 Å². The molecule has 0 bridgehead atoms. The van der Waals surface area contributed by atoms with Gasteiger partial charge in [0.25, 0.3) is 0 Å². The first kappa shape index (κ1) is 37.6. The molecule has 2 unspecified atom stereocenters. The number of anilines is 1. The molecule has 2 aliphatic heterocycles. The molecular weight excluding hydrogens is 623 g/mol. The quantitative estimate of drug-likeness (QED) is 0.224. The van der Waals surface area contributed by atoms with Gasteiger partial charge in [0.2, 0.25) is 11.8 Å². The van der Waals surface area contributed by atoms with E-state index in [9.17, 15) is 4.79 Å². The number of aliphatic hydroxyl groups excluding tert-OH is 1. The van der Waals surface area contributed by atoms with Gasteiger partial charge in [0.1, 0.15) is 6.29 Å². The second-order valence-corrected chi connectivity index (χ2v) is 12.6. The molecular formula is C35H50Cl2N6O3. The monoisotopic (exact) mass is 672 g/mol. The Labute approximate surface area is 284 Å². The topological polar surface area (TPSA) is 94.9 Å². The predicted molar refractivity (Wildman–Crippen MR) is 188 cm³/mol. The van der Waals surface area contributed by atoms with E-state index in [1.54, 1.807) is 18.5 Å². The van der Waals surface area contributed by atoms with Crippen molar-refractivity contribution in [2.24, 2.45) is 11.8 Å². The average Bonchev–Trinajstić information content (AvgIpc) is 3.29. The zero-order chi connectivity index (χ0) is 33.5. The minimum atomic E-state index is 0.103. The maximum atomic E-state index is 10.9.